The summed E-state index contributed by atoms with van der Waals surface area (Å²) in [5.41, 5.74) is -0.332. The first-order valence-corrected chi connectivity index (χ1v) is 10.9. The summed E-state index contributed by atoms with van der Waals surface area (Å²) in [5.74, 6) is -1.94. The van der Waals surface area contributed by atoms with Crippen molar-refractivity contribution in [1.29, 1.82) is 0 Å². The third-order valence-electron chi connectivity index (χ3n) is 4.29. The van der Waals surface area contributed by atoms with Crippen LogP contribution in [0.5, 0.6) is 11.5 Å². The Balaban J connectivity index is 2.07. The van der Waals surface area contributed by atoms with Gasteiger partial charge in [-0.3, -0.25) is 10.1 Å². The van der Waals surface area contributed by atoms with Gasteiger partial charge in [-0.2, -0.15) is 9.71 Å². The summed E-state index contributed by atoms with van der Waals surface area (Å²) in [7, 11) is -4.90. The number of pyridine rings is 1. The van der Waals surface area contributed by atoms with E-state index in [4.69, 9.17) is 42.2 Å². The highest BCUT2D eigenvalue weighted by molar-refractivity contribution is 7.46. The first kappa shape index (κ1) is 24.6. The zero-order valence-corrected chi connectivity index (χ0v) is 19.0. The molecule has 0 aliphatic carbocycles. The van der Waals surface area contributed by atoms with Gasteiger partial charge in [-0.1, -0.05) is 16.8 Å². The van der Waals surface area contributed by atoms with Gasteiger partial charge in [0.1, 0.15) is 10.6 Å². The maximum absolute atomic E-state index is 12.2. The van der Waals surface area contributed by atoms with Crippen LogP contribution in [0.2, 0.25) is 10.2 Å². The second-order valence-electron chi connectivity index (χ2n) is 6.39. The van der Waals surface area contributed by atoms with Gasteiger partial charge >= 0.3 is 13.5 Å². The summed E-state index contributed by atoms with van der Waals surface area (Å²) in [4.78, 5) is 31.9. The number of nitrogens with zero attached hydrogens (tertiary/aromatic N) is 4. The van der Waals surface area contributed by atoms with Gasteiger partial charge in [0, 0.05) is 13.0 Å². The van der Waals surface area contributed by atoms with Crippen LogP contribution in [0.15, 0.2) is 16.7 Å². The smallest absolute Gasteiger partial charge is 0.472 e. The highest BCUT2D eigenvalue weighted by atomic mass is 35.5. The van der Waals surface area contributed by atoms with Crippen molar-refractivity contribution in [2.45, 2.75) is 13.8 Å². The molecule has 0 bridgehead atoms. The number of hydrogen-bond donors (Lipinski definition) is 3. The Hall–Kier alpha value is -3.00. The molecule has 2 heterocycles. The van der Waals surface area contributed by atoms with Gasteiger partial charge in [-0.05, 0) is 30.2 Å². The van der Waals surface area contributed by atoms with E-state index < -0.39 is 36.7 Å². The molecule has 0 atom stereocenters. The standard InChI is InChI=1S/C16H13Cl2N4O10P/c1-6-11(14(18)21(24)7(2)12(6)17)15-19-16(32-20-15)8-3-9(22(25)26)13(23)10(4-8)30-5-31-33(27,28)29/h3-4,23H,5H2,1-2H3,(H2,27,28,29). The van der Waals surface area contributed by atoms with E-state index >= 15 is 0 Å². The van der Waals surface area contributed by atoms with Gasteiger partial charge < -0.3 is 29.4 Å². The number of aromatic hydroxyl groups is 1. The van der Waals surface area contributed by atoms with Gasteiger partial charge in [-0.25, -0.2) is 9.09 Å². The highest BCUT2D eigenvalue weighted by Crippen LogP contribution is 2.42. The second kappa shape index (κ2) is 9.09. The van der Waals surface area contributed by atoms with Crippen LogP contribution in [0.25, 0.3) is 22.8 Å². The molecule has 176 valence electrons. The van der Waals surface area contributed by atoms with Gasteiger partial charge in [0.15, 0.2) is 5.75 Å². The molecule has 2 aromatic heterocycles. The summed E-state index contributed by atoms with van der Waals surface area (Å²) >= 11 is 12.3. The maximum Gasteiger partial charge on any atom is 0.472 e. The molecule has 14 nitrogen and oxygen atoms in total. The number of phosphoric ester groups is 1. The number of rotatable bonds is 7. The Kier molecular flexibility index (Phi) is 6.79. The van der Waals surface area contributed by atoms with Crippen molar-refractivity contribution in [3.05, 3.63) is 48.9 Å². The van der Waals surface area contributed by atoms with Gasteiger partial charge in [0.2, 0.25) is 24.1 Å². The number of ether oxygens (including phenoxy) is 1. The maximum atomic E-state index is 12.2. The van der Waals surface area contributed by atoms with E-state index in [2.05, 4.69) is 14.7 Å². The van der Waals surface area contributed by atoms with Crippen LogP contribution in [-0.4, -0.2) is 36.8 Å². The van der Waals surface area contributed by atoms with Crippen molar-refractivity contribution in [1.82, 2.24) is 10.1 Å². The lowest BCUT2D eigenvalue weighted by molar-refractivity contribution is -0.609. The normalized spacial score (nSPS) is 11.6. The lowest BCUT2D eigenvalue weighted by atomic mass is 10.1. The fourth-order valence-electron chi connectivity index (χ4n) is 2.70. The molecule has 0 amide bonds. The molecule has 0 saturated carbocycles. The van der Waals surface area contributed by atoms with Crippen LogP contribution in [0.4, 0.5) is 5.69 Å². The van der Waals surface area contributed by atoms with E-state index in [-0.39, 0.29) is 38.7 Å². The quantitative estimate of drug-likeness (QED) is 0.0777. The van der Waals surface area contributed by atoms with E-state index in [0.29, 0.717) is 10.3 Å². The first-order valence-electron chi connectivity index (χ1n) is 8.58. The molecule has 0 saturated heterocycles. The number of nitro groups is 1. The Bertz CT molecular complexity index is 1280. The van der Waals surface area contributed by atoms with E-state index in [9.17, 15) is 25.0 Å². The fraction of sp³-hybridized carbons (Fsp3) is 0.188. The van der Waals surface area contributed by atoms with Crippen LogP contribution in [-0.2, 0) is 9.09 Å². The van der Waals surface area contributed by atoms with E-state index in [1.54, 1.807) is 6.92 Å². The van der Waals surface area contributed by atoms with Gasteiger partial charge in [-0.15, -0.1) is 0 Å². The monoisotopic (exact) mass is 522 g/mol. The molecule has 0 aliphatic rings. The van der Waals surface area contributed by atoms with Crippen molar-refractivity contribution >= 4 is 36.7 Å². The Morgan fingerprint density at radius 3 is 2.58 bits per heavy atom. The number of aromatic nitrogens is 3. The predicted molar refractivity (Wildman–Crippen MR) is 111 cm³/mol. The van der Waals surface area contributed by atoms with E-state index in [1.807, 2.05) is 0 Å². The van der Waals surface area contributed by atoms with Crippen molar-refractivity contribution in [3.63, 3.8) is 0 Å². The molecule has 0 spiro atoms. The number of halogens is 2. The van der Waals surface area contributed by atoms with Crippen LogP contribution >= 0.6 is 31.0 Å². The molecular weight excluding hydrogens is 510 g/mol. The summed E-state index contributed by atoms with van der Waals surface area (Å²) in [6.07, 6.45) is 0. The van der Waals surface area contributed by atoms with Crippen molar-refractivity contribution in [3.8, 4) is 34.3 Å². The molecule has 17 heteroatoms. The second-order valence-corrected chi connectivity index (χ2v) is 8.36. The Labute approximate surface area is 193 Å². The Morgan fingerprint density at radius 2 is 1.97 bits per heavy atom. The lowest BCUT2D eigenvalue weighted by Crippen LogP contribution is -2.33. The van der Waals surface area contributed by atoms with Crippen molar-refractivity contribution in [2.24, 2.45) is 0 Å². The molecular formula is C16H13Cl2N4O10P. The number of phenols is 1. The molecule has 1 aromatic carbocycles. The summed E-state index contributed by atoms with van der Waals surface area (Å²) < 4.78 is 25.3. The Morgan fingerprint density at radius 1 is 1.30 bits per heavy atom. The van der Waals surface area contributed by atoms with Crippen molar-refractivity contribution < 1.29 is 42.9 Å². The highest BCUT2D eigenvalue weighted by Gasteiger charge is 2.28. The van der Waals surface area contributed by atoms with Crippen LogP contribution in [0.1, 0.15) is 11.3 Å². The number of benzene rings is 1. The van der Waals surface area contributed by atoms with E-state index in [0.717, 1.165) is 12.1 Å². The zero-order valence-electron chi connectivity index (χ0n) is 16.6. The summed E-state index contributed by atoms with van der Waals surface area (Å²) in [6.45, 7) is 2.01. The molecule has 3 aromatic rings. The zero-order chi connectivity index (χ0) is 24.7. The molecule has 0 aliphatic heterocycles. The van der Waals surface area contributed by atoms with Gasteiger partial charge in [0.05, 0.1) is 10.5 Å². The largest absolute Gasteiger partial charge is 0.617 e. The van der Waals surface area contributed by atoms with Crippen LogP contribution < -0.4 is 9.47 Å². The average Bonchev–Trinajstić information content (AvgIpc) is 3.20. The topological polar surface area (TPSA) is 205 Å². The minimum atomic E-state index is -4.90. The third-order valence-corrected chi connectivity index (χ3v) is 5.64. The lowest BCUT2D eigenvalue weighted by Gasteiger charge is -2.10. The summed E-state index contributed by atoms with van der Waals surface area (Å²) in [5, 5.41) is 37.2. The predicted octanol–water partition coefficient (Wildman–Crippen LogP) is 3.02. The molecule has 0 fully saturated rings. The van der Waals surface area contributed by atoms with E-state index in [1.165, 1.54) is 6.92 Å². The molecule has 3 N–H and O–H groups in total. The first-order chi connectivity index (χ1) is 15.3. The average molecular weight is 523 g/mol. The van der Waals surface area contributed by atoms with Gasteiger partial charge in [0.25, 0.3) is 11.0 Å². The molecule has 0 radical (unpaired) electrons. The SMILES string of the molecule is Cc1c(Cl)c(C)[n+]([O-])c(Cl)c1-c1noc(-c2cc(OCOP(=O)(O)O)c(O)c([N+](=O)[O-])c2)n1. The van der Waals surface area contributed by atoms with Crippen molar-refractivity contribution in [2.75, 3.05) is 6.79 Å². The number of phosphoric acid groups is 1. The summed E-state index contributed by atoms with van der Waals surface area (Å²) in [6, 6.07) is 1.93. The molecule has 0 unspecified atom stereocenters. The van der Waals surface area contributed by atoms with Crippen LogP contribution in [0, 0.1) is 29.2 Å². The molecule has 3 rings (SSSR count). The molecule has 33 heavy (non-hydrogen) atoms. The van der Waals surface area contributed by atoms with Crippen LogP contribution in [0.3, 0.4) is 0 Å². The minimum absolute atomic E-state index is 0.0667. The minimum Gasteiger partial charge on any atom is -0.617 e. The number of phenolic OH excluding ortho intramolecular Hbond substituents is 1. The number of nitro benzene ring substituents is 1. The fourth-order valence-corrected chi connectivity index (χ4v) is 3.41. The third kappa shape index (κ3) is 5.00. The number of hydrogen-bond acceptors (Lipinski definition) is 10.